The van der Waals surface area contributed by atoms with Crippen LogP contribution >= 0.6 is 0 Å². The molecule has 0 aliphatic carbocycles. The summed E-state index contributed by atoms with van der Waals surface area (Å²) in [5.74, 6) is 7.46. The second-order valence-corrected chi connectivity index (χ2v) is 4.55. The molecule has 0 fully saturated rings. The fraction of sp³-hybridized carbons (Fsp3) is 0.286. The van der Waals surface area contributed by atoms with Crippen molar-refractivity contribution >= 4 is 11.8 Å². The summed E-state index contributed by atoms with van der Waals surface area (Å²) < 4.78 is 5.15. The van der Waals surface area contributed by atoms with Gasteiger partial charge in [-0.2, -0.15) is 4.98 Å². The second-order valence-electron chi connectivity index (χ2n) is 4.55. The molecule has 6 nitrogen and oxygen atoms in total. The van der Waals surface area contributed by atoms with Crippen molar-refractivity contribution in [3.05, 3.63) is 41.6 Å². The van der Waals surface area contributed by atoms with E-state index < -0.39 is 0 Å². The number of ether oxygens (including phenoxy) is 1. The number of aromatic nitrogens is 2. The fourth-order valence-electron chi connectivity index (χ4n) is 1.97. The number of aryl methyl sites for hydroxylation is 1. The summed E-state index contributed by atoms with van der Waals surface area (Å²) in [5, 5.41) is 0. The summed E-state index contributed by atoms with van der Waals surface area (Å²) in [4.78, 5) is 10.5. The lowest BCUT2D eigenvalue weighted by Gasteiger charge is -2.20. The molecule has 20 heavy (non-hydrogen) atoms. The number of hydrogen-bond donors (Lipinski definition) is 2. The molecule has 0 amide bonds. The van der Waals surface area contributed by atoms with Crippen molar-refractivity contribution in [2.24, 2.45) is 5.84 Å². The van der Waals surface area contributed by atoms with E-state index in [1.807, 2.05) is 38.2 Å². The molecular weight excluding hydrogens is 254 g/mol. The number of nitrogen functional groups attached to an aromatic ring is 1. The summed E-state index contributed by atoms with van der Waals surface area (Å²) >= 11 is 0. The van der Waals surface area contributed by atoms with E-state index in [-0.39, 0.29) is 0 Å². The molecule has 0 aliphatic heterocycles. The maximum absolute atomic E-state index is 5.35. The quantitative estimate of drug-likeness (QED) is 0.638. The van der Waals surface area contributed by atoms with Gasteiger partial charge in [0.15, 0.2) is 0 Å². The predicted molar refractivity (Wildman–Crippen MR) is 79.7 cm³/mol. The van der Waals surface area contributed by atoms with Gasteiger partial charge in [0.2, 0.25) is 5.95 Å². The number of nitrogens with zero attached hydrogens (tertiary/aromatic N) is 3. The standard InChI is InChI=1S/C14H19N5O/c1-10-8-16-14(18-15)17-13(10)19(2)9-11-4-6-12(20-3)7-5-11/h4-8H,9,15H2,1-3H3,(H,16,17,18). The fourth-order valence-corrected chi connectivity index (χ4v) is 1.97. The van der Waals surface area contributed by atoms with E-state index in [4.69, 9.17) is 10.6 Å². The van der Waals surface area contributed by atoms with Gasteiger partial charge in [-0.15, -0.1) is 0 Å². The van der Waals surface area contributed by atoms with Gasteiger partial charge < -0.3 is 9.64 Å². The van der Waals surface area contributed by atoms with Crippen molar-refractivity contribution in [3.63, 3.8) is 0 Å². The molecule has 0 radical (unpaired) electrons. The van der Waals surface area contributed by atoms with Gasteiger partial charge in [0.25, 0.3) is 0 Å². The number of benzene rings is 1. The third-order valence-corrected chi connectivity index (χ3v) is 3.01. The van der Waals surface area contributed by atoms with E-state index in [0.717, 1.165) is 23.7 Å². The second kappa shape index (κ2) is 6.21. The van der Waals surface area contributed by atoms with Crippen LogP contribution in [0.25, 0.3) is 0 Å². The molecule has 1 aromatic heterocycles. The summed E-state index contributed by atoms with van der Waals surface area (Å²) in [7, 11) is 3.65. The summed E-state index contributed by atoms with van der Waals surface area (Å²) in [5.41, 5.74) is 4.64. The molecule has 0 bridgehead atoms. The highest BCUT2D eigenvalue weighted by Gasteiger charge is 2.09. The molecule has 2 aromatic rings. The van der Waals surface area contributed by atoms with Crippen LogP contribution in [0, 0.1) is 6.92 Å². The Labute approximate surface area is 118 Å². The highest BCUT2D eigenvalue weighted by molar-refractivity contribution is 5.48. The molecular formula is C14H19N5O. The van der Waals surface area contributed by atoms with Gasteiger partial charge >= 0.3 is 0 Å². The Morgan fingerprint density at radius 2 is 2.00 bits per heavy atom. The van der Waals surface area contributed by atoms with E-state index in [1.165, 1.54) is 5.56 Å². The Morgan fingerprint density at radius 1 is 1.30 bits per heavy atom. The molecule has 1 heterocycles. The SMILES string of the molecule is COc1ccc(CN(C)c2nc(NN)ncc2C)cc1. The molecule has 0 saturated heterocycles. The van der Waals surface area contributed by atoms with Crippen LogP contribution < -0.4 is 20.9 Å². The van der Waals surface area contributed by atoms with Crippen molar-refractivity contribution in [2.75, 3.05) is 24.5 Å². The van der Waals surface area contributed by atoms with Gasteiger partial charge in [0, 0.05) is 25.4 Å². The average molecular weight is 273 g/mol. The first-order valence-corrected chi connectivity index (χ1v) is 6.28. The van der Waals surface area contributed by atoms with Crippen molar-refractivity contribution in [1.29, 1.82) is 0 Å². The zero-order valence-electron chi connectivity index (χ0n) is 11.9. The first-order chi connectivity index (χ1) is 9.63. The molecule has 0 unspecified atom stereocenters. The Morgan fingerprint density at radius 3 is 2.60 bits per heavy atom. The van der Waals surface area contributed by atoms with Gasteiger partial charge in [0.1, 0.15) is 11.6 Å². The van der Waals surface area contributed by atoms with Crippen LogP contribution in [-0.2, 0) is 6.54 Å². The topological polar surface area (TPSA) is 76.3 Å². The molecule has 1 aromatic carbocycles. The maximum atomic E-state index is 5.35. The molecule has 0 spiro atoms. The highest BCUT2D eigenvalue weighted by Crippen LogP contribution is 2.19. The number of nitrogens with one attached hydrogen (secondary N) is 1. The lowest BCUT2D eigenvalue weighted by molar-refractivity contribution is 0.414. The Kier molecular flexibility index (Phi) is 4.37. The van der Waals surface area contributed by atoms with Crippen LogP contribution in [0.4, 0.5) is 11.8 Å². The monoisotopic (exact) mass is 273 g/mol. The van der Waals surface area contributed by atoms with Crippen LogP contribution in [0.15, 0.2) is 30.5 Å². The number of rotatable bonds is 5. The van der Waals surface area contributed by atoms with Gasteiger partial charge in [0.05, 0.1) is 7.11 Å². The van der Waals surface area contributed by atoms with E-state index >= 15 is 0 Å². The molecule has 3 N–H and O–H groups in total. The van der Waals surface area contributed by atoms with Crippen molar-refractivity contribution in [3.8, 4) is 5.75 Å². The van der Waals surface area contributed by atoms with Crippen LogP contribution in [0.5, 0.6) is 5.75 Å². The van der Waals surface area contributed by atoms with Gasteiger partial charge in [-0.05, 0) is 24.6 Å². The molecule has 0 aliphatic rings. The van der Waals surface area contributed by atoms with Crippen LogP contribution in [0.1, 0.15) is 11.1 Å². The van der Waals surface area contributed by atoms with Gasteiger partial charge in [-0.1, -0.05) is 12.1 Å². The minimum Gasteiger partial charge on any atom is -0.497 e. The highest BCUT2D eigenvalue weighted by atomic mass is 16.5. The van der Waals surface area contributed by atoms with E-state index in [0.29, 0.717) is 5.95 Å². The minimum atomic E-state index is 0.409. The molecule has 106 valence electrons. The van der Waals surface area contributed by atoms with Crippen molar-refractivity contribution in [2.45, 2.75) is 13.5 Å². The van der Waals surface area contributed by atoms with Crippen LogP contribution in [0.2, 0.25) is 0 Å². The smallest absolute Gasteiger partial charge is 0.239 e. The minimum absolute atomic E-state index is 0.409. The Hall–Kier alpha value is -2.34. The molecule has 0 saturated carbocycles. The zero-order chi connectivity index (χ0) is 14.5. The zero-order valence-corrected chi connectivity index (χ0v) is 11.9. The normalized spacial score (nSPS) is 10.2. The lowest BCUT2D eigenvalue weighted by Crippen LogP contribution is -2.20. The van der Waals surface area contributed by atoms with E-state index in [1.54, 1.807) is 13.3 Å². The third-order valence-electron chi connectivity index (χ3n) is 3.01. The van der Waals surface area contributed by atoms with E-state index in [9.17, 15) is 0 Å². The number of nitrogens with two attached hydrogens (primary N) is 1. The predicted octanol–water partition coefficient (Wildman–Crippen LogP) is 1.72. The summed E-state index contributed by atoms with van der Waals surface area (Å²) in [6.45, 7) is 2.71. The van der Waals surface area contributed by atoms with Crippen LogP contribution in [-0.4, -0.2) is 24.1 Å². The molecule has 6 heteroatoms. The first kappa shape index (κ1) is 14.1. The van der Waals surface area contributed by atoms with Crippen LogP contribution in [0.3, 0.4) is 0 Å². The summed E-state index contributed by atoms with van der Waals surface area (Å²) in [6, 6.07) is 7.97. The first-order valence-electron chi connectivity index (χ1n) is 6.28. The van der Waals surface area contributed by atoms with E-state index in [2.05, 4.69) is 20.3 Å². The number of hydrogen-bond acceptors (Lipinski definition) is 6. The van der Waals surface area contributed by atoms with Crippen molar-refractivity contribution in [1.82, 2.24) is 9.97 Å². The molecule has 0 atom stereocenters. The van der Waals surface area contributed by atoms with Crippen molar-refractivity contribution < 1.29 is 4.74 Å². The lowest BCUT2D eigenvalue weighted by atomic mass is 10.2. The van der Waals surface area contributed by atoms with Gasteiger partial charge in [-0.3, -0.25) is 5.43 Å². The number of hydrazine groups is 1. The summed E-state index contributed by atoms with van der Waals surface area (Å²) in [6.07, 6.45) is 1.75. The number of anilines is 2. The third kappa shape index (κ3) is 3.16. The number of methoxy groups -OCH3 is 1. The molecule has 2 rings (SSSR count). The largest absolute Gasteiger partial charge is 0.497 e. The average Bonchev–Trinajstić information content (AvgIpc) is 2.48. The van der Waals surface area contributed by atoms with Gasteiger partial charge in [-0.25, -0.2) is 10.8 Å². The maximum Gasteiger partial charge on any atom is 0.239 e. The Bertz CT molecular complexity index is 570. The Balaban J connectivity index is 2.16.